The van der Waals surface area contributed by atoms with Crippen molar-refractivity contribution in [2.24, 2.45) is 0 Å². The first-order valence-corrected chi connectivity index (χ1v) is 9.79. The zero-order valence-corrected chi connectivity index (χ0v) is 15.5. The molecule has 27 heavy (non-hydrogen) atoms. The van der Waals surface area contributed by atoms with E-state index in [1.54, 1.807) is 12.1 Å². The van der Waals surface area contributed by atoms with Crippen molar-refractivity contribution in [2.75, 3.05) is 0 Å². The number of nitrogens with one attached hydrogen (secondary N) is 1. The predicted molar refractivity (Wildman–Crippen MR) is 106 cm³/mol. The Balaban J connectivity index is 1.56. The van der Waals surface area contributed by atoms with Crippen LogP contribution in [0, 0.1) is 5.82 Å². The smallest absolute Gasteiger partial charge is 0.227 e. The number of nitrogens with zero attached hydrogens (tertiary/aromatic N) is 1. The van der Waals surface area contributed by atoms with E-state index in [9.17, 15) is 9.18 Å². The topological polar surface area (TPSA) is 36.1 Å². The second-order valence-corrected chi connectivity index (χ2v) is 7.48. The zero-order valence-electron chi connectivity index (χ0n) is 15.5. The van der Waals surface area contributed by atoms with Crippen molar-refractivity contribution in [3.8, 4) is 0 Å². The van der Waals surface area contributed by atoms with Crippen LogP contribution in [0.15, 0.2) is 54.7 Å². The largest absolute Gasteiger partial charge is 0.361 e. The summed E-state index contributed by atoms with van der Waals surface area (Å²) in [5.41, 5.74) is 3.08. The van der Waals surface area contributed by atoms with Crippen LogP contribution in [0.2, 0.25) is 0 Å². The van der Waals surface area contributed by atoms with Gasteiger partial charge >= 0.3 is 0 Å². The number of carbonyl (C=O) groups is 1. The standard InChI is InChI=1S/C23H25FN2O/c24-19-12-10-17(11-13-19)16-26(20-6-2-1-3-7-20)23(27)14-18-15-25-22-9-5-4-8-21(18)22/h4-5,8-13,15,20,25H,1-3,6-7,14,16H2. The van der Waals surface area contributed by atoms with Gasteiger partial charge < -0.3 is 9.88 Å². The quantitative estimate of drug-likeness (QED) is 0.663. The second kappa shape index (κ2) is 7.95. The average Bonchev–Trinajstić information content (AvgIpc) is 3.11. The van der Waals surface area contributed by atoms with Gasteiger partial charge in [-0.05, 0) is 42.2 Å². The third-order valence-corrected chi connectivity index (χ3v) is 5.62. The van der Waals surface area contributed by atoms with Gasteiger partial charge in [0.1, 0.15) is 5.82 Å². The third kappa shape index (κ3) is 4.05. The van der Waals surface area contributed by atoms with Crippen molar-refractivity contribution >= 4 is 16.8 Å². The lowest BCUT2D eigenvalue weighted by molar-refractivity contribution is -0.134. The van der Waals surface area contributed by atoms with Crippen LogP contribution < -0.4 is 0 Å². The minimum Gasteiger partial charge on any atom is -0.361 e. The number of hydrogen-bond donors (Lipinski definition) is 1. The maximum atomic E-state index is 13.3. The zero-order chi connectivity index (χ0) is 18.6. The number of halogens is 1. The number of amides is 1. The summed E-state index contributed by atoms with van der Waals surface area (Å²) < 4.78 is 13.3. The van der Waals surface area contributed by atoms with Crippen LogP contribution in [0.3, 0.4) is 0 Å². The first-order valence-electron chi connectivity index (χ1n) is 9.79. The molecule has 1 aromatic heterocycles. The van der Waals surface area contributed by atoms with E-state index in [-0.39, 0.29) is 17.8 Å². The molecule has 2 aromatic carbocycles. The molecule has 0 bridgehead atoms. The highest BCUT2D eigenvalue weighted by Crippen LogP contribution is 2.26. The van der Waals surface area contributed by atoms with Crippen LogP contribution in [0.5, 0.6) is 0 Å². The van der Waals surface area contributed by atoms with Crippen LogP contribution in [0.25, 0.3) is 10.9 Å². The molecule has 1 N–H and O–H groups in total. The first-order chi connectivity index (χ1) is 13.2. The van der Waals surface area contributed by atoms with Crippen molar-refractivity contribution in [1.82, 2.24) is 9.88 Å². The maximum Gasteiger partial charge on any atom is 0.227 e. The molecule has 1 fully saturated rings. The summed E-state index contributed by atoms with van der Waals surface area (Å²) in [6.07, 6.45) is 8.04. The number of H-pyrrole nitrogens is 1. The number of fused-ring (bicyclic) bond motifs is 1. The van der Waals surface area contributed by atoms with Gasteiger partial charge in [-0.1, -0.05) is 49.6 Å². The van der Waals surface area contributed by atoms with Gasteiger partial charge in [0.2, 0.25) is 5.91 Å². The predicted octanol–water partition coefficient (Wildman–Crippen LogP) is 5.21. The Morgan fingerprint density at radius 2 is 1.78 bits per heavy atom. The van der Waals surface area contributed by atoms with Gasteiger partial charge in [0.25, 0.3) is 0 Å². The minimum atomic E-state index is -0.243. The molecule has 3 aromatic rings. The molecule has 3 nitrogen and oxygen atoms in total. The normalized spacial score (nSPS) is 15.1. The van der Waals surface area contributed by atoms with Gasteiger partial charge in [-0.15, -0.1) is 0 Å². The van der Waals surface area contributed by atoms with Gasteiger partial charge in [-0.25, -0.2) is 4.39 Å². The molecule has 1 amide bonds. The summed E-state index contributed by atoms with van der Waals surface area (Å²) in [6, 6.07) is 14.9. The van der Waals surface area contributed by atoms with Crippen LogP contribution >= 0.6 is 0 Å². The highest BCUT2D eigenvalue weighted by Gasteiger charge is 2.26. The molecule has 4 heteroatoms. The fourth-order valence-corrected chi connectivity index (χ4v) is 4.14. The second-order valence-electron chi connectivity index (χ2n) is 7.48. The highest BCUT2D eigenvalue weighted by molar-refractivity contribution is 5.89. The summed E-state index contributed by atoms with van der Waals surface area (Å²) in [5.74, 6) is -0.0935. The van der Waals surface area contributed by atoms with E-state index < -0.39 is 0 Å². The summed E-state index contributed by atoms with van der Waals surface area (Å²) in [6.45, 7) is 0.548. The monoisotopic (exact) mass is 364 g/mol. The summed E-state index contributed by atoms with van der Waals surface area (Å²) in [7, 11) is 0. The minimum absolute atomic E-state index is 0.149. The highest BCUT2D eigenvalue weighted by atomic mass is 19.1. The van der Waals surface area contributed by atoms with Crippen molar-refractivity contribution < 1.29 is 9.18 Å². The molecule has 1 saturated carbocycles. The SMILES string of the molecule is O=C(Cc1c[nH]c2ccccc12)N(Cc1ccc(F)cc1)C1CCCCC1. The molecule has 4 rings (SSSR count). The Kier molecular flexibility index (Phi) is 5.23. The Hall–Kier alpha value is -2.62. The number of carbonyl (C=O) groups excluding carboxylic acids is 1. The molecule has 0 unspecified atom stereocenters. The molecule has 1 aliphatic carbocycles. The van der Waals surface area contributed by atoms with E-state index >= 15 is 0 Å². The lowest BCUT2D eigenvalue weighted by Gasteiger charge is -2.34. The fourth-order valence-electron chi connectivity index (χ4n) is 4.14. The van der Waals surface area contributed by atoms with E-state index in [0.717, 1.165) is 34.9 Å². The number of benzene rings is 2. The van der Waals surface area contributed by atoms with Crippen molar-refractivity contribution in [2.45, 2.75) is 51.1 Å². The van der Waals surface area contributed by atoms with Crippen molar-refractivity contribution in [1.29, 1.82) is 0 Å². The summed E-state index contributed by atoms with van der Waals surface area (Å²) in [4.78, 5) is 18.5. The Labute approximate surface area is 159 Å². The molecular formula is C23H25FN2O. The lowest BCUT2D eigenvalue weighted by Crippen LogP contribution is -2.41. The average molecular weight is 364 g/mol. The van der Waals surface area contributed by atoms with E-state index in [1.807, 2.05) is 29.3 Å². The Morgan fingerprint density at radius 1 is 1.04 bits per heavy atom. The first kappa shape index (κ1) is 17.8. The molecule has 1 aliphatic rings. The number of hydrogen-bond acceptors (Lipinski definition) is 1. The number of para-hydroxylation sites is 1. The summed E-state index contributed by atoms with van der Waals surface area (Å²) in [5, 5.41) is 1.11. The van der Waals surface area contributed by atoms with E-state index in [4.69, 9.17) is 0 Å². The molecule has 1 heterocycles. The molecule has 0 radical (unpaired) electrons. The summed E-state index contributed by atoms with van der Waals surface area (Å²) >= 11 is 0. The maximum absolute atomic E-state index is 13.3. The van der Waals surface area contributed by atoms with Gasteiger partial charge in [0.05, 0.1) is 6.42 Å². The van der Waals surface area contributed by atoms with E-state index in [1.165, 1.54) is 31.4 Å². The van der Waals surface area contributed by atoms with Crippen molar-refractivity contribution in [3.05, 3.63) is 71.7 Å². The Bertz CT molecular complexity index is 910. The van der Waals surface area contributed by atoms with Crippen LogP contribution in [0.4, 0.5) is 4.39 Å². The van der Waals surface area contributed by atoms with Gasteiger partial charge in [0.15, 0.2) is 0 Å². The number of aromatic amines is 1. The molecule has 0 aliphatic heterocycles. The van der Waals surface area contributed by atoms with Gasteiger partial charge in [0, 0.05) is 29.7 Å². The van der Waals surface area contributed by atoms with E-state index in [2.05, 4.69) is 11.1 Å². The number of rotatable bonds is 5. The van der Waals surface area contributed by atoms with Crippen LogP contribution in [0.1, 0.15) is 43.2 Å². The number of aromatic nitrogens is 1. The molecular weight excluding hydrogens is 339 g/mol. The van der Waals surface area contributed by atoms with E-state index in [0.29, 0.717) is 13.0 Å². The van der Waals surface area contributed by atoms with Gasteiger partial charge in [-0.3, -0.25) is 4.79 Å². The Morgan fingerprint density at radius 3 is 2.56 bits per heavy atom. The lowest BCUT2D eigenvalue weighted by atomic mass is 9.93. The third-order valence-electron chi connectivity index (χ3n) is 5.62. The van der Waals surface area contributed by atoms with Crippen molar-refractivity contribution in [3.63, 3.8) is 0 Å². The van der Waals surface area contributed by atoms with Gasteiger partial charge in [-0.2, -0.15) is 0 Å². The molecule has 140 valence electrons. The van der Waals surface area contributed by atoms with Crippen LogP contribution in [-0.2, 0) is 17.8 Å². The van der Waals surface area contributed by atoms with Crippen LogP contribution in [-0.4, -0.2) is 21.8 Å². The molecule has 0 saturated heterocycles. The molecule has 0 atom stereocenters. The molecule has 0 spiro atoms. The fraction of sp³-hybridized carbons (Fsp3) is 0.348.